The molecule has 0 atom stereocenters. The summed E-state index contributed by atoms with van der Waals surface area (Å²) in [6, 6.07) is 4.37. The van der Waals surface area contributed by atoms with Crippen LogP contribution in [0.3, 0.4) is 0 Å². The molecule has 2 aromatic heterocycles. The first-order valence-corrected chi connectivity index (χ1v) is 5.40. The molecule has 0 fully saturated rings. The minimum absolute atomic E-state index is 0.316. The summed E-state index contributed by atoms with van der Waals surface area (Å²) in [5.74, 6) is 0.606. The first-order valence-electron chi connectivity index (χ1n) is 5.40. The molecule has 0 saturated carbocycles. The summed E-state index contributed by atoms with van der Waals surface area (Å²) < 4.78 is 19.6. The Hall–Kier alpha value is -2.44. The number of imidazole rings is 1. The summed E-state index contributed by atoms with van der Waals surface area (Å²) in [5, 5.41) is 3.71. The van der Waals surface area contributed by atoms with Crippen LogP contribution in [-0.2, 0) is 13.0 Å². The molecule has 3 aromatic rings. The third-order valence-electron chi connectivity index (χ3n) is 2.71. The highest BCUT2D eigenvalue weighted by Crippen LogP contribution is 2.19. The number of halogens is 1. The highest BCUT2D eigenvalue weighted by Gasteiger charge is 2.10. The zero-order valence-electron chi connectivity index (χ0n) is 9.38. The smallest absolute Gasteiger partial charge is 0.213 e. The van der Waals surface area contributed by atoms with Crippen LogP contribution in [0.4, 0.5) is 10.3 Å². The van der Waals surface area contributed by atoms with Gasteiger partial charge in [0.25, 0.3) is 0 Å². The number of aromatic nitrogens is 4. The molecule has 3 rings (SSSR count). The fraction of sp³-hybridized carbons (Fsp3) is 0.182. The second kappa shape index (κ2) is 4.10. The molecule has 0 amide bonds. The molecule has 0 bridgehead atoms. The Kier molecular flexibility index (Phi) is 2.44. The maximum Gasteiger partial charge on any atom is 0.213 e. The van der Waals surface area contributed by atoms with Gasteiger partial charge < -0.3 is 14.8 Å². The first kappa shape index (κ1) is 10.7. The summed E-state index contributed by atoms with van der Waals surface area (Å²) in [6.45, 7) is 0.519. The molecule has 0 unspecified atom stereocenters. The highest BCUT2D eigenvalue weighted by atomic mass is 19.1. The van der Waals surface area contributed by atoms with Crippen LogP contribution >= 0.6 is 0 Å². The lowest BCUT2D eigenvalue weighted by molar-refractivity contribution is 0.408. The number of aryl methyl sites for hydroxylation is 2. The predicted octanol–water partition coefficient (Wildman–Crippen LogP) is 1.38. The Bertz CT molecular complexity index is 676. The quantitative estimate of drug-likeness (QED) is 0.756. The van der Waals surface area contributed by atoms with Gasteiger partial charge in [-0.2, -0.15) is 4.98 Å². The first-order chi connectivity index (χ1) is 8.74. The topological polar surface area (TPSA) is 82.8 Å². The molecule has 18 heavy (non-hydrogen) atoms. The monoisotopic (exact) mass is 247 g/mol. The largest absolute Gasteiger partial charge is 0.369 e. The lowest BCUT2D eigenvalue weighted by Gasteiger charge is -2.04. The van der Waals surface area contributed by atoms with Crippen LogP contribution in [0.25, 0.3) is 11.0 Å². The molecule has 0 aliphatic rings. The molecule has 2 heterocycles. The molecule has 7 heteroatoms. The van der Waals surface area contributed by atoms with Crippen LogP contribution < -0.4 is 5.73 Å². The van der Waals surface area contributed by atoms with E-state index in [9.17, 15) is 4.39 Å². The number of hydrogen-bond acceptors (Lipinski definition) is 5. The van der Waals surface area contributed by atoms with Crippen molar-refractivity contribution >= 4 is 17.0 Å². The van der Waals surface area contributed by atoms with E-state index in [1.807, 2.05) is 0 Å². The van der Waals surface area contributed by atoms with Gasteiger partial charge in [0.1, 0.15) is 5.82 Å². The third kappa shape index (κ3) is 1.79. The number of benzene rings is 1. The van der Waals surface area contributed by atoms with Crippen molar-refractivity contribution in [2.45, 2.75) is 13.0 Å². The maximum atomic E-state index is 13.2. The Morgan fingerprint density at radius 1 is 1.39 bits per heavy atom. The van der Waals surface area contributed by atoms with E-state index in [1.165, 1.54) is 18.5 Å². The van der Waals surface area contributed by atoms with Crippen LogP contribution in [0.2, 0.25) is 0 Å². The summed E-state index contributed by atoms with van der Waals surface area (Å²) in [7, 11) is 0. The lowest BCUT2D eigenvalue weighted by atomic mass is 10.3. The van der Waals surface area contributed by atoms with Gasteiger partial charge in [-0.3, -0.25) is 0 Å². The molecular formula is C11H10FN5O. The van der Waals surface area contributed by atoms with Crippen LogP contribution in [-0.4, -0.2) is 19.7 Å². The molecular weight excluding hydrogens is 237 g/mol. The molecule has 1 aromatic carbocycles. The molecule has 2 N–H and O–H groups in total. The average Bonchev–Trinajstić information content (AvgIpc) is 2.94. The fourth-order valence-electron chi connectivity index (χ4n) is 1.86. The summed E-state index contributed by atoms with van der Waals surface area (Å²) in [5.41, 5.74) is 7.14. The van der Waals surface area contributed by atoms with E-state index in [0.29, 0.717) is 35.8 Å². The molecule has 0 radical (unpaired) electrons. The van der Waals surface area contributed by atoms with Crippen molar-refractivity contribution in [1.29, 1.82) is 0 Å². The Morgan fingerprint density at radius 2 is 2.28 bits per heavy atom. The van der Waals surface area contributed by atoms with E-state index in [0.717, 1.165) is 0 Å². The van der Waals surface area contributed by atoms with Crippen LogP contribution in [0.15, 0.2) is 29.1 Å². The number of anilines is 1. The Balaban J connectivity index is 1.95. The lowest BCUT2D eigenvalue weighted by Crippen LogP contribution is -2.06. The van der Waals surface area contributed by atoms with Crippen molar-refractivity contribution in [1.82, 2.24) is 19.7 Å². The van der Waals surface area contributed by atoms with E-state index in [2.05, 4.69) is 19.6 Å². The van der Waals surface area contributed by atoms with E-state index in [4.69, 9.17) is 5.73 Å². The van der Waals surface area contributed by atoms with Gasteiger partial charge in [-0.05, 0) is 18.2 Å². The molecule has 0 spiro atoms. The third-order valence-corrected chi connectivity index (χ3v) is 2.71. The Labute approximate surface area is 101 Å². The number of fused-ring (bicyclic) bond motifs is 1. The zero-order valence-corrected chi connectivity index (χ0v) is 9.38. The van der Waals surface area contributed by atoms with Gasteiger partial charge in [0, 0.05) is 13.0 Å². The summed E-state index contributed by atoms with van der Waals surface area (Å²) >= 11 is 0. The van der Waals surface area contributed by atoms with Crippen molar-refractivity contribution in [2.75, 3.05) is 5.73 Å². The number of rotatable bonds is 3. The predicted molar refractivity (Wildman–Crippen MR) is 62.1 cm³/mol. The van der Waals surface area contributed by atoms with Gasteiger partial charge in [0.05, 0.1) is 11.0 Å². The normalized spacial score (nSPS) is 11.2. The van der Waals surface area contributed by atoms with Crippen LogP contribution in [0, 0.1) is 5.82 Å². The number of nitrogens with two attached hydrogens (primary N) is 1. The summed E-state index contributed by atoms with van der Waals surface area (Å²) in [6.07, 6.45) is 1.81. The minimum atomic E-state index is -0.316. The van der Waals surface area contributed by atoms with Crippen molar-refractivity contribution < 1.29 is 8.91 Å². The Morgan fingerprint density at radius 3 is 3.06 bits per heavy atom. The van der Waals surface area contributed by atoms with Gasteiger partial charge >= 0.3 is 0 Å². The number of nitrogens with zero attached hydrogens (tertiary/aromatic N) is 4. The van der Waals surface area contributed by atoms with Gasteiger partial charge in [0.15, 0.2) is 5.82 Å². The average molecular weight is 247 g/mol. The standard InChI is InChI=1S/C11H10FN5O/c12-7-1-2-8-9(5-7)17(11(13)15-8)4-3-10-14-6-18-16-10/h1-2,5-6H,3-4H2,(H2,13,15). The molecule has 0 saturated heterocycles. The second-order valence-corrected chi connectivity index (χ2v) is 3.85. The number of nitrogen functional groups attached to an aromatic ring is 1. The minimum Gasteiger partial charge on any atom is -0.369 e. The SMILES string of the molecule is Nc1nc2ccc(F)cc2n1CCc1ncon1. The highest BCUT2D eigenvalue weighted by molar-refractivity contribution is 5.78. The van der Waals surface area contributed by atoms with Crippen molar-refractivity contribution in [3.63, 3.8) is 0 Å². The molecule has 92 valence electrons. The van der Waals surface area contributed by atoms with Gasteiger partial charge in [-0.15, -0.1) is 0 Å². The van der Waals surface area contributed by atoms with Gasteiger partial charge in [-0.1, -0.05) is 5.16 Å². The fourth-order valence-corrected chi connectivity index (χ4v) is 1.86. The second-order valence-electron chi connectivity index (χ2n) is 3.85. The van der Waals surface area contributed by atoms with Crippen molar-refractivity contribution in [3.8, 4) is 0 Å². The maximum absolute atomic E-state index is 13.2. The van der Waals surface area contributed by atoms with Crippen molar-refractivity contribution in [2.24, 2.45) is 0 Å². The van der Waals surface area contributed by atoms with E-state index < -0.39 is 0 Å². The number of hydrogen-bond donors (Lipinski definition) is 1. The van der Waals surface area contributed by atoms with E-state index in [1.54, 1.807) is 10.6 Å². The van der Waals surface area contributed by atoms with Crippen LogP contribution in [0.1, 0.15) is 5.82 Å². The van der Waals surface area contributed by atoms with Crippen molar-refractivity contribution in [3.05, 3.63) is 36.2 Å². The molecule has 6 nitrogen and oxygen atoms in total. The zero-order chi connectivity index (χ0) is 12.5. The van der Waals surface area contributed by atoms with E-state index >= 15 is 0 Å². The van der Waals surface area contributed by atoms with E-state index in [-0.39, 0.29) is 5.82 Å². The molecule has 0 aliphatic carbocycles. The van der Waals surface area contributed by atoms with Gasteiger partial charge in [0.2, 0.25) is 12.3 Å². The van der Waals surface area contributed by atoms with Crippen LogP contribution in [0.5, 0.6) is 0 Å². The summed E-state index contributed by atoms with van der Waals surface area (Å²) in [4.78, 5) is 8.08. The van der Waals surface area contributed by atoms with Gasteiger partial charge in [-0.25, -0.2) is 9.37 Å². The molecule has 0 aliphatic heterocycles.